The Balaban J connectivity index is 2.51. The smallest absolute Gasteiger partial charge is 0.315 e. The van der Waals surface area contributed by atoms with Gasteiger partial charge in [0.05, 0.1) is 18.1 Å². The van der Waals surface area contributed by atoms with Gasteiger partial charge in [0.1, 0.15) is 5.01 Å². The van der Waals surface area contributed by atoms with E-state index in [1.807, 2.05) is 13.8 Å². The molecule has 1 heterocycles. The maximum Gasteiger partial charge on any atom is 0.315 e. The highest BCUT2D eigenvalue weighted by atomic mass is 32.2. The normalized spacial score (nSPS) is 11.9. The summed E-state index contributed by atoms with van der Waals surface area (Å²) in [5, 5.41) is 11.6. The van der Waals surface area contributed by atoms with Gasteiger partial charge < -0.3 is 4.74 Å². The van der Waals surface area contributed by atoms with Crippen LogP contribution in [0.15, 0.2) is 0 Å². The summed E-state index contributed by atoms with van der Waals surface area (Å²) >= 11 is 2.63. The number of hydrogen-bond donors (Lipinski definition) is 1. The molecule has 1 rings (SSSR count). The molecule has 6 nitrogen and oxygen atoms in total. The second-order valence-electron chi connectivity index (χ2n) is 3.63. The van der Waals surface area contributed by atoms with Crippen molar-refractivity contribution < 1.29 is 14.3 Å². The van der Waals surface area contributed by atoms with Crippen LogP contribution in [0.3, 0.4) is 0 Å². The molecular formula is C11H17N3O3S2. The Hall–Kier alpha value is -1.15. The van der Waals surface area contributed by atoms with E-state index in [4.69, 9.17) is 0 Å². The highest BCUT2D eigenvalue weighted by Crippen LogP contribution is 2.20. The lowest BCUT2D eigenvalue weighted by atomic mass is 10.3. The number of aryl methyl sites for hydroxylation is 1. The van der Waals surface area contributed by atoms with Crippen molar-refractivity contribution in [2.45, 2.75) is 31.9 Å². The first-order chi connectivity index (χ1) is 9.10. The second-order valence-corrected chi connectivity index (χ2v) is 5.88. The van der Waals surface area contributed by atoms with Gasteiger partial charge in [-0.25, -0.2) is 0 Å². The molecule has 0 spiro atoms. The summed E-state index contributed by atoms with van der Waals surface area (Å²) in [7, 11) is 1.33. The zero-order valence-corrected chi connectivity index (χ0v) is 12.8. The van der Waals surface area contributed by atoms with Gasteiger partial charge in [0.25, 0.3) is 0 Å². The van der Waals surface area contributed by atoms with E-state index >= 15 is 0 Å². The van der Waals surface area contributed by atoms with E-state index in [2.05, 4.69) is 20.3 Å². The molecule has 0 radical (unpaired) electrons. The zero-order chi connectivity index (χ0) is 14.3. The SMILES string of the molecule is CCc1nnc(NC(=O)C(CC)SCC(=O)OC)s1. The topological polar surface area (TPSA) is 81.2 Å². The van der Waals surface area contributed by atoms with E-state index in [9.17, 15) is 9.59 Å². The van der Waals surface area contributed by atoms with Crippen molar-refractivity contribution in [1.29, 1.82) is 0 Å². The molecule has 0 aliphatic carbocycles. The molecule has 0 aliphatic rings. The number of carbonyl (C=O) groups is 2. The van der Waals surface area contributed by atoms with Gasteiger partial charge in [0.2, 0.25) is 11.0 Å². The van der Waals surface area contributed by atoms with Crippen LogP contribution in [0.2, 0.25) is 0 Å². The van der Waals surface area contributed by atoms with Crippen LogP contribution >= 0.6 is 23.1 Å². The van der Waals surface area contributed by atoms with Crippen molar-refractivity contribution in [2.24, 2.45) is 0 Å². The molecule has 1 unspecified atom stereocenters. The van der Waals surface area contributed by atoms with Crippen molar-refractivity contribution in [3.63, 3.8) is 0 Å². The van der Waals surface area contributed by atoms with Gasteiger partial charge in [0, 0.05) is 0 Å². The summed E-state index contributed by atoms with van der Waals surface area (Å²) in [6.07, 6.45) is 1.43. The van der Waals surface area contributed by atoms with Crippen LogP contribution in [0.4, 0.5) is 5.13 Å². The van der Waals surface area contributed by atoms with Crippen LogP contribution in [-0.2, 0) is 20.7 Å². The van der Waals surface area contributed by atoms with Gasteiger partial charge in [-0.05, 0) is 12.8 Å². The van der Waals surface area contributed by atoms with Crippen LogP contribution in [0.1, 0.15) is 25.3 Å². The number of amides is 1. The van der Waals surface area contributed by atoms with Gasteiger partial charge in [-0.1, -0.05) is 25.2 Å². The Bertz CT molecular complexity index is 437. The fourth-order valence-electron chi connectivity index (χ4n) is 1.24. The van der Waals surface area contributed by atoms with Crippen molar-refractivity contribution in [3.05, 3.63) is 5.01 Å². The van der Waals surface area contributed by atoms with E-state index in [1.165, 1.54) is 30.2 Å². The molecule has 0 fully saturated rings. The van der Waals surface area contributed by atoms with E-state index in [1.54, 1.807) is 0 Å². The molecule has 1 amide bonds. The summed E-state index contributed by atoms with van der Waals surface area (Å²) in [4.78, 5) is 23.1. The summed E-state index contributed by atoms with van der Waals surface area (Å²) in [5.74, 6) is -0.325. The molecule has 106 valence electrons. The number of nitrogens with one attached hydrogen (secondary N) is 1. The first-order valence-electron chi connectivity index (χ1n) is 5.92. The number of methoxy groups -OCH3 is 1. The third-order valence-electron chi connectivity index (χ3n) is 2.29. The summed E-state index contributed by atoms with van der Waals surface area (Å²) in [6.45, 7) is 3.87. The van der Waals surface area contributed by atoms with Crippen molar-refractivity contribution in [1.82, 2.24) is 10.2 Å². The van der Waals surface area contributed by atoms with E-state index in [-0.39, 0.29) is 22.9 Å². The molecule has 0 bridgehead atoms. The monoisotopic (exact) mass is 303 g/mol. The van der Waals surface area contributed by atoms with Gasteiger partial charge in [0.15, 0.2) is 0 Å². The number of hydrogen-bond acceptors (Lipinski definition) is 7. The molecule has 0 aliphatic heterocycles. The number of esters is 1. The Kier molecular flexibility index (Phi) is 6.79. The van der Waals surface area contributed by atoms with E-state index in [0.29, 0.717) is 11.6 Å². The molecular weight excluding hydrogens is 286 g/mol. The molecule has 1 atom stereocenters. The fraction of sp³-hybridized carbons (Fsp3) is 0.636. The van der Waals surface area contributed by atoms with Gasteiger partial charge in [-0.15, -0.1) is 22.0 Å². The van der Waals surface area contributed by atoms with E-state index in [0.717, 1.165) is 11.4 Å². The number of thioether (sulfide) groups is 1. The van der Waals surface area contributed by atoms with Crippen LogP contribution in [-0.4, -0.2) is 40.2 Å². The summed E-state index contributed by atoms with van der Waals surface area (Å²) < 4.78 is 4.55. The first kappa shape index (κ1) is 15.9. The fourth-order valence-corrected chi connectivity index (χ4v) is 2.82. The molecule has 1 aromatic heterocycles. The number of ether oxygens (including phenoxy) is 1. The Morgan fingerprint density at radius 3 is 2.68 bits per heavy atom. The highest BCUT2D eigenvalue weighted by Gasteiger charge is 2.20. The maximum absolute atomic E-state index is 12.0. The number of anilines is 1. The quantitative estimate of drug-likeness (QED) is 0.773. The minimum Gasteiger partial charge on any atom is -0.468 e. The Labute approximate surface area is 120 Å². The summed E-state index contributed by atoms with van der Waals surface area (Å²) in [5.41, 5.74) is 0. The predicted octanol–water partition coefficient (Wildman–Crippen LogP) is 1.72. The Morgan fingerprint density at radius 2 is 2.16 bits per heavy atom. The second kappa shape index (κ2) is 8.11. The summed E-state index contributed by atoms with van der Waals surface area (Å²) in [6, 6.07) is 0. The predicted molar refractivity (Wildman–Crippen MR) is 76.5 cm³/mol. The lowest BCUT2D eigenvalue weighted by molar-refractivity contribution is -0.137. The molecule has 0 saturated heterocycles. The third-order valence-corrected chi connectivity index (χ3v) is 4.63. The third kappa shape index (κ3) is 5.15. The van der Waals surface area contributed by atoms with Crippen molar-refractivity contribution in [2.75, 3.05) is 18.2 Å². The van der Waals surface area contributed by atoms with E-state index < -0.39 is 0 Å². The van der Waals surface area contributed by atoms with Crippen molar-refractivity contribution >= 4 is 40.1 Å². The maximum atomic E-state index is 12.0. The highest BCUT2D eigenvalue weighted by molar-refractivity contribution is 8.01. The molecule has 1 aromatic rings. The van der Waals surface area contributed by atoms with Gasteiger partial charge >= 0.3 is 5.97 Å². The molecule has 1 N–H and O–H groups in total. The Morgan fingerprint density at radius 1 is 1.42 bits per heavy atom. The molecule has 19 heavy (non-hydrogen) atoms. The molecule has 0 aromatic carbocycles. The molecule has 8 heteroatoms. The van der Waals surface area contributed by atoms with Crippen LogP contribution < -0.4 is 5.32 Å². The van der Waals surface area contributed by atoms with Crippen LogP contribution in [0, 0.1) is 0 Å². The number of aromatic nitrogens is 2. The number of carbonyl (C=O) groups excluding carboxylic acids is 2. The van der Waals surface area contributed by atoms with Crippen LogP contribution in [0.25, 0.3) is 0 Å². The number of rotatable bonds is 7. The minimum absolute atomic E-state index is 0.157. The lowest BCUT2D eigenvalue weighted by Crippen LogP contribution is -2.25. The molecule has 0 saturated carbocycles. The first-order valence-corrected chi connectivity index (χ1v) is 7.78. The number of nitrogens with zero attached hydrogens (tertiary/aromatic N) is 2. The zero-order valence-electron chi connectivity index (χ0n) is 11.1. The standard InChI is InChI=1S/C11H17N3O3S2/c1-4-7(18-6-9(15)17-3)10(16)12-11-14-13-8(5-2)19-11/h7H,4-6H2,1-3H3,(H,12,14,16). The average molecular weight is 303 g/mol. The minimum atomic E-state index is -0.333. The van der Waals surface area contributed by atoms with Gasteiger partial charge in [-0.3, -0.25) is 14.9 Å². The van der Waals surface area contributed by atoms with Gasteiger partial charge in [-0.2, -0.15) is 0 Å². The average Bonchev–Trinajstić information content (AvgIpc) is 2.86. The largest absolute Gasteiger partial charge is 0.468 e. The lowest BCUT2D eigenvalue weighted by Gasteiger charge is -2.12. The van der Waals surface area contributed by atoms with Crippen LogP contribution in [0.5, 0.6) is 0 Å². The van der Waals surface area contributed by atoms with Crippen molar-refractivity contribution in [3.8, 4) is 0 Å².